The number of carbonyl (C=O) groups is 2. The second-order valence-electron chi connectivity index (χ2n) is 7.67. The zero-order valence-electron chi connectivity index (χ0n) is 17.3. The SMILES string of the molecule is COC(=O)c1cccc(OCCNC(=O)c2ccc3n(c2=O)C[C@@H]2CNC[C@H]3C2)c1.Cl. The monoisotopic (exact) mass is 447 g/mol. The van der Waals surface area contributed by atoms with Crippen LogP contribution in [0.25, 0.3) is 0 Å². The first-order valence-electron chi connectivity index (χ1n) is 10.1. The van der Waals surface area contributed by atoms with Gasteiger partial charge in [0, 0.05) is 24.7 Å². The second kappa shape index (κ2) is 9.98. The Morgan fingerprint density at radius 3 is 2.87 bits per heavy atom. The number of methoxy groups -OCH3 is 1. The van der Waals surface area contributed by atoms with Gasteiger partial charge in [-0.05, 0) is 49.2 Å². The van der Waals surface area contributed by atoms with E-state index in [-0.39, 0.29) is 36.7 Å². The number of fused-ring (bicyclic) bond motifs is 4. The maximum atomic E-state index is 12.9. The van der Waals surface area contributed by atoms with Crippen LogP contribution in [0.3, 0.4) is 0 Å². The van der Waals surface area contributed by atoms with Gasteiger partial charge in [0.1, 0.15) is 17.9 Å². The van der Waals surface area contributed by atoms with Gasteiger partial charge in [-0.25, -0.2) is 4.79 Å². The van der Waals surface area contributed by atoms with Crippen molar-refractivity contribution in [3.05, 3.63) is 63.6 Å². The van der Waals surface area contributed by atoms with Crippen LogP contribution in [0.2, 0.25) is 0 Å². The van der Waals surface area contributed by atoms with E-state index < -0.39 is 11.9 Å². The van der Waals surface area contributed by atoms with E-state index in [2.05, 4.69) is 15.4 Å². The molecule has 1 amide bonds. The van der Waals surface area contributed by atoms with Gasteiger partial charge in [0.2, 0.25) is 0 Å². The number of hydrogen-bond acceptors (Lipinski definition) is 6. The normalized spacial score (nSPS) is 18.9. The number of hydrogen-bond donors (Lipinski definition) is 2. The van der Waals surface area contributed by atoms with Crippen molar-refractivity contribution in [1.29, 1.82) is 0 Å². The van der Waals surface area contributed by atoms with Crippen LogP contribution in [-0.2, 0) is 11.3 Å². The summed E-state index contributed by atoms with van der Waals surface area (Å²) in [6.45, 7) is 2.87. The number of ether oxygens (including phenoxy) is 2. The van der Waals surface area contributed by atoms with Crippen LogP contribution in [0.15, 0.2) is 41.2 Å². The quantitative estimate of drug-likeness (QED) is 0.515. The summed E-state index contributed by atoms with van der Waals surface area (Å²) in [5, 5.41) is 6.15. The Balaban J connectivity index is 0.00000272. The molecule has 31 heavy (non-hydrogen) atoms. The Morgan fingerprint density at radius 2 is 2.06 bits per heavy atom. The maximum absolute atomic E-state index is 12.9. The smallest absolute Gasteiger partial charge is 0.337 e. The van der Waals surface area contributed by atoms with Gasteiger partial charge in [-0.15, -0.1) is 12.4 Å². The van der Waals surface area contributed by atoms with E-state index in [9.17, 15) is 14.4 Å². The lowest BCUT2D eigenvalue weighted by Crippen LogP contribution is -2.46. The van der Waals surface area contributed by atoms with Crippen molar-refractivity contribution in [2.75, 3.05) is 33.4 Å². The van der Waals surface area contributed by atoms with Gasteiger partial charge >= 0.3 is 5.97 Å². The summed E-state index contributed by atoms with van der Waals surface area (Å²) in [5.41, 5.74) is 1.32. The largest absolute Gasteiger partial charge is 0.492 e. The molecule has 0 radical (unpaired) electrons. The molecular formula is C22H26ClN3O5. The number of amides is 1. The summed E-state index contributed by atoms with van der Waals surface area (Å²) < 4.78 is 12.0. The number of aromatic nitrogens is 1. The van der Waals surface area contributed by atoms with Gasteiger partial charge in [-0.1, -0.05) is 6.07 Å². The molecule has 2 bridgehead atoms. The lowest BCUT2D eigenvalue weighted by atomic mass is 9.84. The number of benzene rings is 1. The van der Waals surface area contributed by atoms with Gasteiger partial charge in [0.15, 0.2) is 0 Å². The highest BCUT2D eigenvalue weighted by molar-refractivity contribution is 5.93. The second-order valence-corrected chi connectivity index (χ2v) is 7.67. The maximum Gasteiger partial charge on any atom is 0.337 e. The van der Waals surface area contributed by atoms with E-state index in [4.69, 9.17) is 4.74 Å². The van der Waals surface area contributed by atoms with E-state index in [0.717, 1.165) is 25.2 Å². The molecule has 1 aromatic heterocycles. The van der Waals surface area contributed by atoms with Crippen LogP contribution >= 0.6 is 12.4 Å². The summed E-state index contributed by atoms with van der Waals surface area (Å²) >= 11 is 0. The third-order valence-electron chi connectivity index (χ3n) is 5.66. The summed E-state index contributed by atoms with van der Waals surface area (Å²) in [7, 11) is 1.32. The summed E-state index contributed by atoms with van der Waals surface area (Å²) in [4.78, 5) is 37.0. The van der Waals surface area contributed by atoms with Gasteiger partial charge in [-0.3, -0.25) is 9.59 Å². The van der Waals surface area contributed by atoms with Crippen LogP contribution in [-0.4, -0.2) is 49.8 Å². The minimum atomic E-state index is -0.443. The highest BCUT2D eigenvalue weighted by Gasteiger charge is 2.31. The summed E-state index contributed by atoms with van der Waals surface area (Å²) in [6, 6.07) is 10.1. The van der Waals surface area contributed by atoms with E-state index in [0.29, 0.717) is 29.7 Å². The molecule has 8 nitrogen and oxygen atoms in total. The predicted molar refractivity (Wildman–Crippen MR) is 117 cm³/mol. The number of carbonyl (C=O) groups excluding carboxylic acids is 2. The fourth-order valence-electron chi connectivity index (χ4n) is 4.22. The molecule has 1 aromatic carbocycles. The number of piperidine rings is 1. The Kier molecular flexibility index (Phi) is 7.35. The van der Waals surface area contributed by atoms with Crippen LogP contribution < -0.4 is 20.9 Å². The van der Waals surface area contributed by atoms with Crippen molar-refractivity contribution >= 4 is 24.3 Å². The Hall–Kier alpha value is -2.84. The fourth-order valence-corrected chi connectivity index (χ4v) is 4.22. The number of rotatable bonds is 6. The van der Waals surface area contributed by atoms with Gasteiger partial charge < -0.3 is 24.7 Å². The first kappa shape index (κ1) is 22.8. The molecule has 2 aromatic rings. The van der Waals surface area contributed by atoms with Crippen LogP contribution in [0, 0.1) is 5.92 Å². The molecule has 2 aliphatic rings. The molecule has 0 unspecified atom stereocenters. The lowest BCUT2D eigenvalue weighted by molar-refractivity contribution is 0.0600. The highest BCUT2D eigenvalue weighted by Crippen LogP contribution is 2.31. The number of esters is 1. The van der Waals surface area contributed by atoms with Crippen LogP contribution in [0.1, 0.15) is 38.7 Å². The molecule has 3 heterocycles. The Bertz CT molecular complexity index is 1020. The molecule has 0 spiro atoms. The average Bonchev–Trinajstić information content (AvgIpc) is 2.77. The molecule has 4 rings (SSSR count). The fraction of sp³-hybridized carbons (Fsp3) is 0.409. The van der Waals surface area contributed by atoms with Crippen molar-refractivity contribution in [1.82, 2.24) is 15.2 Å². The third kappa shape index (κ3) is 4.91. The zero-order chi connectivity index (χ0) is 21.1. The third-order valence-corrected chi connectivity index (χ3v) is 5.66. The number of pyridine rings is 1. The van der Waals surface area contributed by atoms with E-state index in [1.54, 1.807) is 34.9 Å². The molecule has 2 atom stereocenters. The van der Waals surface area contributed by atoms with Crippen molar-refractivity contribution in [3.63, 3.8) is 0 Å². The molecule has 0 aliphatic carbocycles. The van der Waals surface area contributed by atoms with E-state index >= 15 is 0 Å². The predicted octanol–water partition coefficient (Wildman–Crippen LogP) is 1.57. The Labute approximate surface area is 186 Å². The minimum Gasteiger partial charge on any atom is -0.492 e. The van der Waals surface area contributed by atoms with Crippen molar-refractivity contribution in [2.45, 2.75) is 18.9 Å². The summed E-state index contributed by atoms with van der Waals surface area (Å²) in [6.07, 6.45) is 1.09. The molecule has 1 saturated heterocycles. The molecule has 1 fully saturated rings. The van der Waals surface area contributed by atoms with Gasteiger partial charge in [-0.2, -0.15) is 0 Å². The number of halogens is 1. The molecule has 9 heteroatoms. The zero-order valence-corrected chi connectivity index (χ0v) is 18.1. The molecule has 0 saturated carbocycles. The average molecular weight is 448 g/mol. The highest BCUT2D eigenvalue weighted by atomic mass is 35.5. The lowest BCUT2D eigenvalue weighted by Gasteiger charge is -2.37. The van der Waals surface area contributed by atoms with Crippen LogP contribution in [0.4, 0.5) is 0 Å². The van der Waals surface area contributed by atoms with Gasteiger partial charge in [0.25, 0.3) is 11.5 Å². The van der Waals surface area contributed by atoms with Crippen LogP contribution in [0.5, 0.6) is 5.75 Å². The van der Waals surface area contributed by atoms with Crippen molar-refractivity contribution in [3.8, 4) is 5.75 Å². The molecule has 2 aliphatic heterocycles. The Morgan fingerprint density at radius 1 is 1.23 bits per heavy atom. The minimum absolute atomic E-state index is 0. The number of nitrogens with one attached hydrogen (secondary N) is 2. The van der Waals surface area contributed by atoms with E-state index in [1.807, 2.05) is 6.07 Å². The topological polar surface area (TPSA) is 98.7 Å². The molecule has 2 N–H and O–H groups in total. The first-order valence-corrected chi connectivity index (χ1v) is 10.1. The molecule has 166 valence electrons. The van der Waals surface area contributed by atoms with Crippen molar-refractivity contribution in [2.24, 2.45) is 5.92 Å². The molecular weight excluding hydrogens is 422 g/mol. The van der Waals surface area contributed by atoms with Gasteiger partial charge in [0.05, 0.1) is 19.2 Å². The summed E-state index contributed by atoms with van der Waals surface area (Å²) in [5.74, 6) is 0.414. The van der Waals surface area contributed by atoms with Crippen molar-refractivity contribution < 1.29 is 19.1 Å². The standard InChI is InChI=1S/C22H25N3O5.ClH/c1-29-22(28)15-3-2-4-17(10-15)30-8-7-24-20(26)18-5-6-19-16-9-14(11-23-12-16)13-25(19)21(18)27;/h2-6,10,14,16,23H,7-9,11-13H2,1H3,(H,24,26);1H/t14-,16+;/m0./s1. The first-order chi connectivity index (χ1) is 14.6. The number of nitrogens with zero attached hydrogens (tertiary/aromatic N) is 1. The van der Waals surface area contributed by atoms with E-state index in [1.165, 1.54) is 7.11 Å².